The molecule has 0 heterocycles. The maximum Gasteiger partial charge on any atom is 0.207 e. The molecule has 1 rings (SSSR count). The number of amides is 1. The second-order valence-electron chi connectivity index (χ2n) is 2.91. The average molecular weight is 178 g/mol. The number of carbonyl (C=O) groups is 1. The van der Waals surface area contributed by atoms with E-state index in [-0.39, 0.29) is 6.04 Å². The van der Waals surface area contributed by atoms with Crippen LogP contribution in [-0.2, 0) is 11.2 Å². The summed E-state index contributed by atoms with van der Waals surface area (Å²) in [6, 6.07) is 10.0. The summed E-state index contributed by atoms with van der Waals surface area (Å²) >= 11 is 0. The Morgan fingerprint density at radius 2 is 2.08 bits per heavy atom. The minimum absolute atomic E-state index is 0.0416. The first-order valence-electron chi connectivity index (χ1n) is 4.30. The van der Waals surface area contributed by atoms with E-state index in [9.17, 15) is 4.79 Å². The Balaban J connectivity index is 2.51. The third-order valence-corrected chi connectivity index (χ3v) is 1.91. The van der Waals surface area contributed by atoms with Gasteiger partial charge < -0.3 is 11.1 Å². The summed E-state index contributed by atoms with van der Waals surface area (Å²) in [5.41, 5.74) is 6.67. The zero-order chi connectivity index (χ0) is 9.52. The minimum Gasteiger partial charge on any atom is -0.354 e. The fourth-order valence-electron chi connectivity index (χ4n) is 1.21. The lowest BCUT2D eigenvalue weighted by Crippen LogP contribution is -2.36. The third-order valence-electron chi connectivity index (χ3n) is 1.91. The topological polar surface area (TPSA) is 55.1 Å². The van der Waals surface area contributed by atoms with Gasteiger partial charge in [0.2, 0.25) is 6.41 Å². The van der Waals surface area contributed by atoms with Gasteiger partial charge in [0.25, 0.3) is 0 Å². The molecule has 0 aromatic heterocycles. The molecule has 0 spiro atoms. The second kappa shape index (κ2) is 5.32. The molecule has 0 aliphatic heterocycles. The van der Waals surface area contributed by atoms with Crippen LogP contribution in [0.1, 0.15) is 5.56 Å². The van der Waals surface area contributed by atoms with E-state index >= 15 is 0 Å². The van der Waals surface area contributed by atoms with E-state index < -0.39 is 0 Å². The Morgan fingerprint density at radius 3 is 2.62 bits per heavy atom. The SMILES string of the molecule is NC[C@H](Cc1ccccc1)NC=O. The summed E-state index contributed by atoms with van der Waals surface area (Å²) < 4.78 is 0. The maximum atomic E-state index is 10.2. The smallest absolute Gasteiger partial charge is 0.207 e. The van der Waals surface area contributed by atoms with Gasteiger partial charge in [0, 0.05) is 12.6 Å². The number of nitrogens with two attached hydrogens (primary N) is 1. The molecule has 13 heavy (non-hydrogen) atoms. The van der Waals surface area contributed by atoms with E-state index in [1.807, 2.05) is 30.3 Å². The number of rotatable bonds is 5. The molecular formula is C10H14N2O. The average Bonchev–Trinajstić information content (AvgIpc) is 2.19. The van der Waals surface area contributed by atoms with Crippen molar-refractivity contribution in [1.82, 2.24) is 5.32 Å². The van der Waals surface area contributed by atoms with Gasteiger partial charge in [0.1, 0.15) is 0 Å². The molecule has 0 aliphatic carbocycles. The van der Waals surface area contributed by atoms with Gasteiger partial charge in [-0.3, -0.25) is 4.79 Å². The van der Waals surface area contributed by atoms with Gasteiger partial charge in [-0.25, -0.2) is 0 Å². The van der Waals surface area contributed by atoms with E-state index in [1.54, 1.807) is 0 Å². The van der Waals surface area contributed by atoms with Crippen LogP contribution in [0.25, 0.3) is 0 Å². The van der Waals surface area contributed by atoms with E-state index in [0.29, 0.717) is 13.0 Å². The number of carbonyl (C=O) groups excluding carboxylic acids is 1. The number of benzene rings is 1. The van der Waals surface area contributed by atoms with E-state index in [1.165, 1.54) is 5.56 Å². The van der Waals surface area contributed by atoms with Crippen molar-refractivity contribution in [1.29, 1.82) is 0 Å². The first-order valence-corrected chi connectivity index (χ1v) is 4.30. The van der Waals surface area contributed by atoms with Crippen molar-refractivity contribution in [2.24, 2.45) is 5.73 Å². The molecule has 0 bridgehead atoms. The van der Waals surface area contributed by atoms with Crippen molar-refractivity contribution in [3.63, 3.8) is 0 Å². The summed E-state index contributed by atoms with van der Waals surface area (Å²) in [6.45, 7) is 0.466. The van der Waals surface area contributed by atoms with Crippen LogP contribution < -0.4 is 11.1 Å². The molecular weight excluding hydrogens is 164 g/mol. The van der Waals surface area contributed by atoms with Crippen molar-refractivity contribution >= 4 is 6.41 Å². The highest BCUT2D eigenvalue weighted by Gasteiger charge is 2.04. The molecule has 0 aliphatic rings. The summed E-state index contributed by atoms with van der Waals surface area (Å²) in [6.07, 6.45) is 1.48. The van der Waals surface area contributed by atoms with Crippen molar-refractivity contribution in [3.05, 3.63) is 35.9 Å². The van der Waals surface area contributed by atoms with Gasteiger partial charge in [-0.1, -0.05) is 30.3 Å². The molecule has 1 aromatic rings. The third kappa shape index (κ3) is 3.25. The Hall–Kier alpha value is -1.35. The van der Waals surface area contributed by atoms with Gasteiger partial charge in [-0.05, 0) is 12.0 Å². The van der Waals surface area contributed by atoms with Crippen LogP contribution in [0, 0.1) is 0 Å². The molecule has 3 heteroatoms. The predicted octanol–water partition coefficient (Wildman–Crippen LogP) is 0.302. The highest BCUT2D eigenvalue weighted by molar-refractivity contribution is 5.46. The van der Waals surface area contributed by atoms with E-state index in [0.717, 1.165) is 6.42 Å². The number of nitrogens with one attached hydrogen (secondary N) is 1. The quantitative estimate of drug-likeness (QED) is 0.637. The lowest BCUT2D eigenvalue weighted by atomic mass is 10.1. The Kier molecular flexibility index (Phi) is 3.99. The van der Waals surface area contributed by atoms with Crippen molar-refractivity contribution in [3.8, 4) is 0 Å². The highest BCUT2D eigenvalue weighted by atomic mass is 16.1. The van der Waals surface area contributed by atoms with Crippen molar-refractivity contribution in [2.45, 2.75) is 12.5 Å². The van der Waals surface area contributed by atoms with Crippen molar-refractivity contribution in [2.75, 3.05) is 6.54 Å². The van der Waals surface area contributed by atoms with Crippen LogP contribution in [0.2, 0.25) is 0 Å². The molecule has 70 valence electrons. The lowest BCUT2D eigenvalue weighted by Gasteiger charge is -2.12. The van der Waals surface area contributed by atoms with E-state index in [2.05, 4.69) is 5.32 Å². The molecule has 0 fully saturated rings. The first kappa shape index (κ1) is 9.74. The predicted molar refractivity (Wildman–Crippen MR) is 52.2 cm³/mol. The zero-order valence-electron chi connectivity index (χ0n) is 7.44. The molecule has 3 N–H and O–H groups in total. The molecule has 0 unspecified atom stereocenters. The largest absolute Gasteiger partial charge is 0.354 e. The fourth-order valence-corrected chi connectivity index (χ4v) is 1.21. The summed E-state index contributed by atoms with van der Waals surface area (Å²) in [4.78, 5) is 10.2. The molecule has 1 amide bonds. The Morgan fingerprint density at radius 1 is 1.38 bits per heavy atom. The molecule has 0 saturated carbocycles. The van der Waals surface area contributed by atoms with Crippen LogP contribution in [-0.4, -0.2) is 19.0 Å². The lowest BCUT2D eigenvalue weighted by molar-refractivity contribution is -0.110. The minimum atomic E-state index is 0.0416. The normalized spacial score (nSPS) is 12.1. The van der Waals surface area contributed by atoms with Gasteiger partial charge in [0.15, 0.2) is 0 Å². The summed E-state index contributed by atoms with van der Waals surface area (Å²) in [5.74, 6) is 0. The molecule has 0 radical (unpaired) electrons. The van der Waals surface area contributed by atoms with Crippen LogP contribution in [0.5, 0.6) is 0 Å². The van der Waals surface area contributed by atoms with Gasteiger partial charge in [0.05, 0.1) is 0 Å². The highest BCUT2D eigenvalue weighted by Crippen LogP contribution is 2.01. The van der Waals surface area contributed by atoms with E-state index in [4.69, 9.17) is 5.73 Å². The Labute approximate surface area is 77.9 Å². The standard InChI is InChI=1S/C10H14N2O/c11-7-10(12-8-13)6-9-4-2-1-3-5-9/h1-5,8,10H,6-7,11H2,(H,12,13)/t10-/m0/s1. The first-order chi connectivity index (χ1) is 6.36. The van der Waals surface area contributed by atoms with Crippen LogP contribution in [0.3, 0.4) is 0 Å². The van der Waals surface area contributed by atoms with Crippen LogP contribution >= 0.6 is 0 Å². The Bertz CT molecular complexity index is 248. The summed E-state index contributed by atoms with van der Waals surface area (Å²) in [5, 5.41) is 2.68. The molecule has 0 saturated heterocycles. The monoisotopic (exact) mass is 178 g/mol. The summed E-state index contributed by atoms with van der Waals surface area (Å²) in [7, 11) is 0. The molecule has 1 atom stereocenters. The zero-order valence-corrected chi connectivity index (χ0v) is 7.44. The van der Waals surface area contributed by atoms with Gasteiger partial charge >= 0.3 is 0 Å². The second-order valence-corrected chi connectivity index (χ2v) is 2.91. The maximum absolute atomic E-state index is 10.2. The van der Waals surface area contributed by atoms with Gasteiger partial charge in [-0.15, -0.1) is 0 Å². The number of hydrogen-bond acceptors (Lipinski definition) is 2. The van der Waals surface area contributed by atoms with Gasteiger partial charge in [-0.2, -0.15) is 0 Å². The molecule has 3 nitrogen and oxygen atoms in total. The van der Waals surface area contributed by atoms with Crippen LogP contribution in [0.4, 0.5) is 0 Å². The fraction of sp³-hybridized carbons (Fsp3) is 0.300. The number of hydrogen-bond donors (Lipinski definition) is 2. The molecule has 1 aromatic carbocycles. The van der Waals surface area contributed by atoms with Crippen molar-refractivity contribution < 1.29 is 4.79 Å². The van der Waals surface area contributed by atoms with Crippen LogP contribution in [0.15, 0.2) is 30.3 Å².